The summed E-state index contributed by atoms with van der Waals surface area (Å²) in [5.74, 6) is 0.509. The molecule has 4 rings (SSSR count). The van der Waals surface area contributed by atoms with E-state index in [0.717, 1.165) is 49.5 Å². The normalized spacial score (nSPS) is 15.2. The molecule has 2 nitrogen and oxygen atoms in total. The molecule has 1 aliphatic heterocycles. The van der Waals surface area contributed by atoms with Crippen LogP contribution in [0.15, 0.2) is 78.9 Å². The van der Waals surface area contributed by atoms with Crippen molar-refractivity contribution in [2.45, 2.75) is 30.6 Å². The van der Waals surface area contributed by atoms with Crippen LogP contribution in [-0.4, -0.2) is 42.9 Å². The Morgan fingerprint density at radius 3 is 1.97 bits per heavy atom. The smallest absolute Gasteiger partial charge is 0.123 e. The second-order valence-corrected chi connectivity index (χ2v) is 9.87. The molecular formula is C28H32F2N2S. The summed E-state index contributed by atoms with van der Waals surface area (Å²) in [6.07, 6.45) is 3.43. The molecule has 1 heterocycles. The Kier molecular flexibility index (Phi) is 8.93. The zero-order valence-corrected chi connectivity index (χ0v) is 19.7. The molecule has 0 aliphatic carbocycles. The molecule has 0 unspecified atom stereocenters. The van der Waals surface area contributed by atoms with Crippen LogP contribution in [0.5, 0.6) is 0 Å². The molecule has 3 aromatic carbocycles. The molecule has 1 aliphatic rings. The van der Waals surface area contributed by atoms with E-state index in [2.05, 4.69) is 40.5 Å². The van der Waals surface area contributed by atoms with E-state index in [4.69, 9.17) is 0 Å². The number of benzene rings is 3. The SMILES string of the molecule is Fc1ccc(C(SCCN2CCC(NCCc3ccccc3)CC2)c2ccc(F)cc2)cc1. The van der Waals surface area contributed by atoms with Crippen molar-refractivity contribution < 1.29 is 8.78 Å². The van der Waals surface area contributed by atoms with Gasteiger partial charge in [0.25, 0.3) is 0 Å². The number of nitrogens with zero attached hydrogens (tertiary/aromatic N) is 1. The van der Waals surface area contributed by atoms with Crippen molar-refractivity contribution in [2.24, 2.45) is 0 Å². The molecule has 33 heavy (non-hydrogen) atoms. The highest BCUT2D eigenvalue weighted by molar-refractivity contribution is 7.99. The average molecular weight is 467 g/mol. The Labute approximate surface area is 200 Å². The van der Waals surface area contributed by atoms with E-state index < -0.39 is 0 Å². The van der Waals surface area contributed by atoms with Crippen LogP contribution in [0.1, 0.15) is 34.8 Å². The summed E-state index contributed by atoms with van der Waals surface area (Å²) in [4.78, 5) is 2.54. The molecule has 5 heteroatoms. The molecule has 0 spiro atoms. The molecule has 1 N–H and O–H groups in total. The van der Waals surface area contributed by atoms with Crippen LogP contribution in [0.2, 0.25) is 0 Å². The Hall–Kier alpha value is -2.21. The Morgan fingerprint density at radius 2 is 1.39 bits per heavy atom. The van der Waals surface area contributed by atoms with Crippen molar-refractivity contribution in [1.82, 2.24) is 10.2 Å². The van der Waals surface area contributed by atoms with Crippen LogP contribution in [0.25, 0.3) is 0 Å². The fourth-order valence-corrected chi connectivity index (χ4v) is 5.68. The van der Waals surface area contributed by atoms with Gasteiger partial charge in [-0.15, -0.1) is 11.8 Å². The van der Waals surface area contributed by atoms with Gasteiger partial charge in [-0.25, -0.2) is 8.78 Å². The van der Waals surface area contributed by atoms with Gasteiger partial charge in [0.15, 0.2) is 0 Å². The lowest BCUT2D eigenvalue weighted by Gasteiger charge is -2.32. The number of hydrogen-bond acceptors (Lipinski definition) is 3. The topological polar surface area (TPSA) is 15.3 Å². The van der Waals surface area contributed by atoms with Crippen molar-refractivity contribution in [1.29, 1.82) is 0 Å². The summed E-state index contributed by atoms with van der Waals surface area (Å²) in [6, 6.07) is 24.6. The minimum atomic E-state index is -0.234. The van der Waals surface area contributed by atoms with E-state index in [0.29, 0.717) is 6.04 Å². The van der Waals surface area contributed by atoms with Crippen LogP contribution >= 0.6 is 11.8 Å². The van der Waals surface area contributed by atoms with Gasteiger partial charge in [-0.05, 0) is 79.9 Å². The van der Waals surface area contributed by atoms with Gasteiger partial charge < -0.3 is 10.2 Å². The molecule has 3 aromatic rings. The fourth-order valence-electron chi connectivity index (χ4n) is 4.39. The van der Waals surface area contributed by atoms with Crippen molar-refractivity contribution in [3.8, 4) is 0 Å². The molecule has 0 amide bonds. The maximum atomic E-state index is 13.4. The van der Waals surface area contributed by atoms with E-state index >= 15 is 0 Å². The van der Waals surface area contributed by atoms with Crippen LogP contribution in [-0.2, 0) is 6.42 Å². The maximum Gasteiger partial charge on any atom is 0.123 e. The zero-order chi connectivity index (χ0) is 22.9. The van der Waals surface area contributed by atoms with Gasteiger partial charge in [0, 0.05) is 18.3 Å². The molecule has 1 saturated heterocycles. The largest absolute Gasteiger partial charge is 0.314 e. The third kappa shape index (κ3) is 7.39. The third-order valence-electron chi connectivity index (χ3n) is 6.31. The lowest BCUT2D eigenvalue weighted by atomic mass is 10.0. The molecule has 174 valence electrons. The number of likely N-dealkylation sites (tertiary alicyclic amines) is 1. The molecule has 0 aromatic heterocycles. The van der Waals surface area contributed by atoms with Gasteiger partial charge in [-0.1, -0.05) is 54.6 Å². The minimum absolute atomic E-state index is 0.0726. The first-order valence-corrected chi connectivity index (χ1v) is 12.8. The number of rotatable bonds is 10. The Morgan fingerprint density at radius 1 is 0.818 bits per heavy atom. The second kappa shape index (κ2) is 12.3. The predicted octanol–water partition coefficient (Wildman–Crippen LogP) is 6.08. The van der Waals surface area contributed by atoms with Gasteiger partial charge in [-0.2, -0.15) is 0 Å². The summed E-state index contributed by atoms with van der Waals surface area (Å²) < 4.78 is 26.9. The van der Waals surface area contributed by atoms with Crippen molar-refractivity contribution in [3.63, 3.8) is 0 Å². The van der Waals surface area contributed by atoms with Gasteiger partial charge in [0.05, 0.1) is 5.25 Å². The molecule has 1 fully saturated rings. The van der Waals surface area contributed by atoms with E-state index in [1.165, 1.54) is 42.7 Å². The predicted molar refractivity (Wildman–Crippen MR) is 135 cm³/mol. The number of hydrogen-bond donors (Lipinski definition) is 1. The maximum absolute atomic E-state index is 13.4. The van der Waals surface area contributed by atoms with Gasteiger partial charge in [-0.3, -0.25) is 0 Å². The first-order chi connectivity index (χ1) is 16.2. The van der Waals surface area contributed by atoms with Crippen LogP contribution in [0.4, 0.5) is 8.78 Å². The second-order valence-electron chi connectivity index (χ2n) is 8.66. The van der Waals surface area contributed by atoms with Gasteiger partial charge in [0.1, 0.15) is 11.6 Å². The Bertz CT molecular complexity index is 910. The van der Waals surface area contributed by atoms with Crippen LogP contribution in [0.3, 0.4) is 0 Å². The molecule has 0 radical (unpaired) electrons. The summed E-state index contributed by atoms with van der Waals surface area (Å²) >= 11 is 1.84. The minimum Gasteiger partial charge on any atom is -0.314 e. The van der Waals surface area contributed by atoms with Gasteiger partial charge in [0.2, 0.25) is 0 Å². The lowest BCUT2D eigenvalue weighted by molar-refractivity contribution is 0.208. The van der Waals surface area contributed by atoms with E-state index in [1.54, 1.807) is 0 Å². The van der Waals surface area contributed by atoms with Crippen LogP contribution in [0, 0.1) is 11.6 Å². The first kappa shape index (κ1) is 23.9. The molecule has 0 atom stereocenters. The van der Waals surface area contributed by atoms with Crippen molar-refractivity contribution in [2.75, 3.05) is 31.9 Å². The fraction of sp³-hybridized carbons (Fsp3) is 0.357. The van der Waals surface area contributed by atoms with E-state index in [9.17, 15) is 8.78 Å². The van der Waals surface area contributed by atoms with E-state index in [1.807, 2.05) is 36.0 Å². The zero-order valence-electron chi connectivity index (χ0n) is 18.9. The Balaban J connectivity index is 1.22. The highest BCUT2D eigenvalue weighted by Gasteiger charge is 2.20. The van der Waals surface area contributed by atoms with E-state index in [-0.39, 0.29) is 16.9 Å². The first-order valence-electron chi connectivity index (χ1n) is 11.8. The average Bonchev–Trinajstić information content (AvgIpc) is 2.85. The molecular weight excluding hydrogens is 434 g/mol. The number of nitrogens with one attached hydrogen (secondary N) is 1. The standard InChI is InChI=1S/C28H32F2N2S/c29-25-10-6-23(7-11-25)28(24-8-12-26(30)13-9-24)33-21-20-32-18-15-27(16-19-32)31-17-14-22-4-2-1-3-5-22/h1-13,27-28,31H,14-21H2. The number of halogens is 2. The third-order valence-corrected chi connectivity index (χ3v) is 7.61. The van der Waals surface area contributed by atoms with Gasteiger partial charge >= 0.3 is 0 Å². The van der Waals surface area contributed by atoms with Crippen LogP contribution < -0.4 is 5.32 Å². The summed E-state index contributed by atoms with van der Waals surface area (Å²) in [7, 11) is 0. The van der Waals surface area contributed by atoms with Crippen molar-refractivity contribution >= 4 is 11.8 Å². The molecule has 0 bridgehead atoms. The number of thioether (sulfide) groups is 1. The monoisotopic (exact) mass is 466 g/mol. The van der Waals surface area contributed by atoms with Crippen molar-refractivity contribution in [3.05, 3.63) is 107 Å². The molecule has 0 saturated carbocycles. The summed E-state index contributed by atoms with van der Waals surface area (Å²) in [6.45, 7) is 4.28. The number of piperidine rings is 1. The highest BCUT2D eigenvalue weighted by Crippen LogP contribution is 2.36. The highest BCUT2D eigenvalue weighted by atomic mass is 32.2. The summed E-state index contributed by atoms with van der Waals surface area (Å²) in [5, 5.41) is 3.80. The lowest BCUT2D eigenvalue weighted by Crippen LogP contribution is -2.43. The summed E-state index contributed by atoms with van der Waals surface area (Å²) in [5.41, 5.74) is 3.49. The quantitative estimate of drug-likeness (QED) is 0.390.